The van der Waals surface area contributed by atoms with Crippen LogP contribution in [0.3, 0.4) is 0 Å². The molecule has 1 aromatic heterocycles. The highest BCUT2D eigenvalue weighted by atomic mass is 35.5. The first-order valence-corrected chi connectivity index (χ1v) is 12.4. The van der Waals surface area contributed by atoms with E-state index >= 15 is 0 Å². The second-order valence-corrected chi connectivity index (χ2v) is 10.3. The zero-order valence-corrected chi connectivity index (χ0v) is 19.1. The number of halogens is 1. The van der Waals surface area contributed by atoms with Crippen molar-refractivity contribution in [2.75, 3.05) is 0 Å². The molecule has 5 rings (SSSR count). The molecule has 168 valence electrons. The molecule has 33 heavy (non-hydrogen) atoms. The number of carboxylic acids is 1. The van der Waals surface area contributed by atoms with Crippen LogP contribution in [0.15, 0.2) is 71.6 Å². The molecule has 3 aromatic carbocycles. The Bertz CT molecular complexity index is 1470. The maximum Gasteiger partial charge on any atom is 0.307 e. The smallest absolute Gasteiger partial charge is 0.307 e. The number of carbonyl (C=O) groups is 1. The van der Waals surface area contributed by atoms with Gasteiger partial charge >= 0.3 is 5.97 Å². The third-order valence-electron chi connectivity index (χ3n) is 6.02. The Balaban J connectivity index is 1.52. The van der Waals surface area contributed by atoms with Crippen LogP contribution in [-0.4, -0.2) is 30.5 Å². The molecule has 0 unspecified atom stereocenters. The zero-order valence-electron chi connectivity index (χ0n) is 17.5. The Morgan fingerprint density at radius 2 is 1.70 bits per heavy atom. The van der Waals surface area contributed by atoms with E-state index in [-0.39, 0.29) is 22.4 Å². The number of hydrogen-bond donors (Lipinski definition) is 3. The van der Waals surface area contributed by atoms with Gasteiger partial charge in [0.2, 0.25) is 10.0 Å². The summed E-state index contributed by atoms with van der Waals surface area (Å²) < 4.78 is 29.4. The number of fused-ring (bicyclic) bond motifs is 2. The van der Waals surface area contributed by atoms with Gasteiger partial charge in [-0.05, 0) is 53.3 Å². The summed E-state index contributed by atoms with van der Waals surface area (Å²) in [6.07, 6.45) is 1.05. The van der Waals surface area contributed by atoms with Gasteiger partial charge in [-0.25, -0.2) is 13.1 Å². The van der Waals surface area contributed by atoms with Gasteiger partial charge in [0, 0.05) is 16.9 Å². The van der Waals surface area contributed by atoms with Gasteiger partial charge in [0.05, 0.1) is 17.1 Å². The molecule has 0 radical (unpaired) electrons. The van der Waals surface area contributed by atoms with Crippen molar-refractivity contribution in [2.45, 2.75) is 30.2 Å². The zero-order chi connectivity index (χ0) is 23.2. The third kappa shape index (κ3) is 4.15. The molecule has 0 fully saturated rings. The number of H-pyrrole nitrogens is 1. The quantitative estimate of drug-likeness (QED) is 0.376. The lowest BCUT2D eigenvalue weighted by atomic mass is 10.0. The van der Waals surface area contributed by atoms with E-state index in [0.29, 0.717) is 29.7 Å². The Labute approximate surface area is 196 Å². The van der Waals surface area contributed by atoms with Gasteiger partial charge in [0.1, 0.15) is 4.90 Å². The van der Waals surface area contributed by atoms with Gasteiger partial charge in [0.15, 0.2) is 0 Å². The summed E-state index contributed by atoms with van der Waals surface area (Å²) in [5.74, 6) is -0.967. The molecular formula is C25H21ClN2O4S. The van der Waals surface area contributed by atoms with Crippen LogP contribution in [0.2, 0.25) is 5.02 Å². The second kappa shape index (κ2) is 8.33. The largest absolute Gasteiger partial charge is 0.481 e. The van der Waals surface area contributed by atoms with Crippen molar-refractivity contribution in [3.63, 3.8) is 0 Å². The summed E-state index contributed by atoms with van der Waals surface area (Å²) in [5, 5.41) is 10.3. The first-order valence-electron chi connectivity index (χ1n) is 10.5. The fourth-order valence-corrected chi connectivity index (χ4v) is 6.33. The molecule has 0 saturated carbocycles. The number of aromatic nitrogens is 1. The van der Waals surface area contributed by atoms with Crippen LogP contribution in [0.5, 0.6) is 0 Å². The minimum absolute atomic E-state index is 0.0300. The van der Waals surface area contributed by atoms with Crippen LogP contribution in [-0.2, 0) is 34.1 Å². The molecule has 0 spiro atoms. The third-order valence-corrected chi connectivity index (χ3v) is 8.03. The lowest BCUT2D eigenvalue weighted by molar-refractivity contribution is -0.136. The second-order valence-electron chi connectivity index (χ2n) is 8.24. The molecule has 1 aliphatic carbocycles. The standard InChI is InChI=1S/C25H21ClN2O4S/c26-21-10-9-17(25-20(14-24(29)30)19-7-3-4-8-22(19)27-25)13-23(21)33(31,32)28-18-11-15-5-1-2-6-16(15)12-18/h1-10,13,18,27-28H,11-12,14H2,(H,29,30). The first kappa shape index (κ1) is 21.7. The van der Waals surface area contributed by atoms with Crippen LogP contribution in [0.25, 0.3) is 22.2 Å². The number of aromatic amines is 1. The number of sulfonamides is 1. The molecule has 0 amide bonds. The van der Waals surface area contributed by atoms with Crippen LogP contribution < -0.4 is 4.72 Å². The summed E-state index contributed by atoms with van der Waals surface area (Å²) in [7, 11) is -3.90. The number of aliphatic carboxylic acids is 1. The average molecular weight is 481 g/mol. The van der Waals surface area contributed by atoms with Gasteiger partial charge < -0.3 is 10.1 Å². The van der Waals surface area contributed by atoms with E-state index in [1.807, 2.05) is 48.5 Å². The van der Waals surface area contributed by atoms with E-state index in [2.05, 4.69) is 9.71 Å². The average Bonchev–Trinajstić information content (AvgIpc) is 3.34. The predicted molar refractivity (Wildman–Crippen MR) is 128 cm³/mol. The molecule has 0 bridgehead atoms. The van der Waals surface area contributed by atoms with Crippen molar-refractivity contribution < 1.29 is 18.3 Å². The van der Waals surface area contributed by atoms with Crippen molar-refractivity contribution >= 4 is 38.5 Å². The van der Waals surface area contributed by atoms with E-state index < -0.39 is 16.0 Å². The van der Waals surface area contributed by atoms with Crippen molar-refractivity contribution in [1.82, 2.24) is 9.71 Å². The molecule has 8 heteroatoms. The highest BCUT2D eigenvalue weighted by Crippen LogP contribution is 2.34. The van der Waals surface area contributed by atoms with Gasteiger partial charge in [-0.15, -0.1) is 0 Å². The minimum atomic E-state index is -3.90. The summed E-state index contributed by atoms with van der Waals surface area (Å²) >= 11 is 6.32. The maximum atomic E-state index is 13.3. The molecule has 6 nitrogen and oxygen atoms in total. The lowest BCUT2D eigenvalue weighted by Gasteiger charge is -2.15. The summed E-state index contributed by atoms with van der Waals surface area (Å²) in [4.78, 5) is 14.7. The Kier molecular flexibility index (Phi) is 5.48. The number of para-hydroxylation sites is 1. The molecule has 1 aliphatic rings. The van der Waals surface area contributed by atoms with Crippen molar-refractivity contribution in [3.05, 3.63) is 88.4 Å². The Morgan fingerprint density at radius 1 is 1.03 bits per heavy atom. The molecule has 0 atom stereocenters. The fourth-order valence-electron chi connectivity index (χ4n) is 4.57. The highest BCUT2D eigenvalue weighted by Gasteiger charge is 2.28. The number of nitrogens with one attached hydrogen (secondary N) is 2. The van der Waals surface area contributed by atoms with Gasteiger partial charge in [-0.3, -0.25) is 4.79 Å². The van der Waals surface area contributed by atoms with Gasteiger partial charge in [-0.1, -0.05) is 60.1 Å². The molecule has 0 saturated heterocycles. The van der Waals surface area contributed by atoms with E-state index in [4.69, 9.17) is 11.6 Å². The van der Waals surface area contributed by atoms with Crippen molar-refractivity contribution in [2.24, 2.45) is 0 Å². The number of rotatable bonds is 6. The Morgan fingerprint density at radius 3 is 2.39 bits per heavy atom. The molecular weight excluding hydrogens is 460 g/mol. The summed E-state index contributed by atoms with van der Waals surface area (Å²) in [6, 6.07) is 19.8. The van der Waals surface area contributed by atoms with E-state index in [1.54, 1.807) is 6.07 Å². The predicted octanol–water partition coefficient (Wildman–Crippen LogP) is 4.56. The molecule has 0 aliphatic heterocycles. The van der Waals surface area contributed by atoms with Crippen molar-refractivity contribution in [1.29, 1.82) is 0 Å². The minimum Gasteiger partial charge on any atom is -0.481 e. The molecule has 3 N–H and O–H groups in total. The molecule has 4 aromatic rings. The lowest BCUT2D eigenvalue weighted by Crippen LogP contribution is -2.35. The van der Waals surface area contributed by atoms with Crippen LogP contribution in [0.4, 0.5) is 0 Å². The number of benzene rings is 3. The van der Waals surface area contributed by atoms with Crippen LogP contribution in [0, 0.1) is 0 Å². The maximum absolute atomic E-state index is 13.3. The van der Waals surface area contributed by atoms with E-state index in [1.165, 1.54) is 12.1 Å². The molecule has 1 heterocycles. The summed E-state index contributed by atoms with van der Waals surface area (Å²) in [6.45, 7) is 0. The van der Waals surface area contributed by atoms with E-state index in [9.17, 15) is 18.3 Å². The first-order chi connectivity index (χ1) is 15.8. The highest BCUT2D eigenvalue weighted by molar-refractivity contribution is 7.89. The van der Waals surface area contributed by atoms with Crippen molar-refractivity contribution in [3.8, 4) is 11.3 Å². The van der Waals surface area contributed by atoms with Gasteiger partial charge in [0.25, 0.3) is 0 Å². The number of carboxylic acid groups (broad SMARTS) is 1. The number of hydrogen-bond acceptors (Lipinski definition) is 3. The SMILES string of the molecule is O=C(O)Cc1c(-c2ccc(Cl)c(S(=O)(=O)NC3Cc4ccccc4C3)c2)[nH]c2ccccc12. The fraction of sp³-hybridized carbons (Fsp3) is 0.160. The Hall–Kier alpha value is -3.13. The van der Waals surface area contributed by atoms with Gasteiger partial charge in [-0.2, -0.15) is 0 Å². The monoisotopic (exact) mass is 480 g/mol. The van der Waals surface area contributed by atoms with E-state index in [0.717, 1.165) is 22.0 Å². The topological polar surface area (TPSA) is 99.3 Å². The van der Waals surface area contributed by atoms with Crippen LogP contribution >= 0.6 is 11.6 Å². The summed E-state index contributed by atoms with van der Waals surface area (Å²) in [5.41, 5.74) is 4.79. The van der Waals surface area contributed by atoms with Crippen LogP contribution in [0.1, 0.15) is 16.7 Å². The normalized spacial score (nSPS) is 14.0.